The Bertz CT molecular complexity index is 464. The van der Waals surface area contributed by atoms with Crippen LogP contribution in [0, 0.1) is 0 Å². The Kier molecular flexibility index (Phi) is 6.52. The fourth-order valence-electron chi connectivity index (χ4n) is 3.46. The van der Waals surface area contributed by atoms with Gasteiger partial charge in [-0.1, -0.05) is 12.5 Å². The molecule has 4 nitrogen and oxygen atoms in total. The second-order valence-corrected chi connectivity index (χ2v) is 5.95. The first kappa shape index (κ1) is 17.1. The van der Waals surface area contributed by atoms with Crippen LogP contribution in [0.3, 0.4) is 0 Å². The van der Waals surface area contributed by atoms with Crippen molar-refractivity contribution in [2.24, 2.45) is 5.73 Å². The van der Waals surface area contributed by atoms with Crippen LogP contribution in [0.4, 0.5) is 0 Å². The lowest BCUT2D eigenvalue weighted by Gasteiger charge is -2.38. The summed E-state index contributed by atoms with van der Waals surface area (Å²) in [5, 5.41) is 0. The van der Waals surface area contributed by atoms with Crippen LogP contribution >= 0.6 is 0 Å². The highest BCUT2D eigenvalue weighted by Crippen LogP contribution is 2.36. The van der Waals surface area contributed by atoms with Crippen LogP contribution < -0.4 is 15.2 Å². The zero-order valence-electron chi connectivity index (χ0n) is 14.2. The maximum Gasteiger partial charge on any atom is 0.126 e. The minimum Gasteiger partial charge on any atom is -0.494 e. The van der Waals surface area contributed by atoms with Crippen molar-refractivity contribution >= 4 is 0 Å². The van der Waals surface area contributed by atoms with Crippen molar-refractivity contribution in [2.75, 3.05) is 33.4 Å². The molecular weight excluding hydrogens is 276 g/mol. The normalized spacial score (nSPS) is 20.6. The van der Waals surface area contributed by atoms with E-state index in [-0.39, 0.29) is 0 Å². The van der Waals surface area contributed by atoms with Gasteiger partial charge < -0.3 is 20.1 Å². The first-order valence-electron chi connectivity index (χ1n) is 8.51. The predicted octanol–water partition coefficient (Wildman–Crippen LogP) is 3.01. The van der Waals surface area contributed by atoms with Gasteiger partial charge in [0, 0.05) is 30.1 Å². The quantitative estimate of drug-likeness (QED) is 0.841. The van der Waals surface area contributed by atoms with Gasteiger partial charge in [-0.3, -0.25) is 0 Å². The van der Waals surface area contributed by atoms with Gasteiger partial charge in [0.2, 0.25) is 0 Å². The van der Waals surface area contributed by atoms with Crippen molar-refractivity contribution in [3.05, 3.63) is 23.8 Å². The molecule has 1 saturated heterocycles. The maximum absolute atomic E-state index is 6.15. The van der Waals surface area contributed by atoms with E-state index in [9.17, 15) is 0 Å². The summed E-state index contributed by atoms with van der Waals surface area (Å²) in [4.78, 5) is 2.45. The molecule has 1 aliphatic heterocycles. The van der Waals surface area contributed by atoms with Crippen molar-refractivity contribution < 1.29 is 9.47 Å². The smallest absolute Gasteiger partial charge is 0.126 e. The molecule has 2 unspecified atom stereocenters. The van der Waals surface area contributed by atoms with Crippen LogP contribution in [0.1, 0.15) is 44.6 Å². The average Bonchev–Trinajstić information content (AvgIpc) is 2.52. The van der Waals surface area contributed by atoms with Gasteiger partial charge in [0.05, 0.1) is 13.2 Å². The third kappa shape index (κ3) is 3.93. The van der Waals surface area contributed by atoms with E-state index >= 15 is 0 Å². The van der Waals surface area contributed by atoms with E-state index < -0.39 is 0 Å². The summed E-state index contributed by atoms with van der Waals surface area (Å²) in [6.07, 6.45) is 3.77. The molecular formula is C18H30N2O2. The Morgan fingerprint density at radius 2 is 2.00 bits per heavy atom. The van der Waals surface area contributed by atoms with Crippen LogP contribution in [0.2, 0.25) is 0 Å². The number of ether oxygens (including phenoxy) is 2. The second kappa shape index (κ2) is 8.39. The lowest BCUT2D eigenvalue weighted by Crippen LogP contribution is -2.43. The number of likely N-dealkylation sites (tertiary alicyclic amines) is 1. The van der Waals surface area contributed by atoms with Crippen molar-refractivity contribution in [3.8, 4) is 11.5 Å². The molecule has 0 spiro atoms. The van der Waals surface area contributed by atoms with Gasteiger partial charge in [-0.15, -0.1) is 0 Å². The Labute approximate surface area is 134 Å². The van der Waals surface area contributed by atoms with Crippen LogP contribution in [0.15, 0.2) is 18.2 Å². The van der Waals surface area contributed by atoms with E-state index in [0.717, 1.165) is 18.0 Å². The summed E-state index contributed by atoms with van der Waals surface area (Å²) in [5.74, 6) is 2.09. The molecule has 1 aromatic rings. The van der Waals surface area contributed by atoms with E-state index in [1.165, 1.54) is 24.8 Å². The number of rotatable bonds is 7. The Morgan fingerprint density at radius 3 is 2.64 bits per heavy atom. The minimum absolute atomic E-state index is 0.308. The summed E-state index contributed by atoms with van der Waals surface area (Å²) < 4.78 is 11.5. The van der Waals surface area contributed by atoms with Crippen molar-refractivity contribution in [2.45, 2.75) is 45.1 Å². The van der Waals surface area contributed by atoms with Crippen LogP contribution in [0.5, 0.6) is 11.5 Å². The second-order valence-electron chi connectivity index (χ2n) is 5.95. The topological polar surface area (TPSA) is 47.7 Å². The summed E-state index contributed by atoms with van der Waals surface area (Å²) in [5.41, 5.74) is 7.36. The van der Waals surface area contributed by atoms with Gasteiger partial charge in [-0.05, 0) is 46.3 Å². The fourth-order valence-corrected chi connectivity index (χ4v) is 3.46. The summed E-state index contributed by atoms with van der Waals surface area (Å²) >= 11 is 0. The molecule has 1 fully saturated rings. The van der Waals surface area contributed by atoms with Crippen molar-refractivity contribution in [3.63, 3.8) is 0 Å². The lowest BCUT2D eigenvalue weighted by atomic mass is 9.85. The van der Waals surface area contributed by atoms with Crippen LogP contribution in [0.25, 0.3) is 0 Å². The first-order chi connectivity index (χ1) is 10.7. The van der Waals surface area contributed by atoms with Gasteiger partial charge in [-0.25, -0.2) is 0 Å². The van der Waals surface area contributed by atoms with Crippen molar-refractivity contribution in [1.82, 2.24) is 4.90 Å². The minimum atomic E-state index is 0.308. The molecule has 0 aromatic heterocycles. The Balaban J connectivity index is 2.30. The number of nitrogens with zero attached hydrogens (tertiary/aromatic N) is 1. The molecule has 0 radical (unpaired) electrons. The Hall–Kier alpha value is -1.26. The van der Waals surface area contributed by atoms with Crippen LogP contribution in [-0.4, -0.2) is 44.3 Å². The van der Waals surface area contributed by atoms with E-state index in [4.69, 9.17) is 15.2 Å². The molecule has 0 aliphatic carbocycles. The van der Waals surface area contributed by atoms with Gasteiger partial charge in [-0.2, -0.15) is 0 Å². The summed E-state index contributed by atoms with van der Waals surface area (Å²) in [6, 6.07) is 6.67. The molecule has 4 heteroatoms. The van der Waals surface area contributed by atoms with E-state index in [0.29, 0.717) is 31.7 Å². The maximum atomic E-state index is 6.15. The van der Waals surface area contributed by atoms with E-state index in [2.05, 4.69) is 18.0 Å². The third-order valence-corrected chi connectivity index (χ3v) is 4.54. The molecule has 1 heterocycles. The zero-order chi connectivity index (χ0) is 15.9. The van der Waals surface area contributed by atoms with Crippen LogP contribution in [-0.2, 0) is 0 Å². The summed E-state index contributed by atoms with van der Waals surface area (Å²) in [6.45, 7) is 7.12. The fraction of sp³-hybridized carbons (Fsp3) is 0.667. The van der Waals surface area contributed by atoms with E-state index in [1.54, 1.807) is 0 Å². The SMILES string of the molecule is CCOc1ccc(C(CN)C2CCCCN2C)c(OCC)c1. The molecule has 124 valence electrons. The Morgan fingerprint density at radius 1 is 1.23 bits per heavy atom. The van der Waals surface area contributed by atoms with Gasteiger partial charge in [0.25, 0.3) is 0 Å². The molecule has 22 heavy (non-hydrogen) atoms. The highest BCUT2D eigenvalue weighted by atomic mass is 16.5. The lowest BCUT2D eigenvalue weighted by molar-refractivity contribution is 0.158. The highest BCUT2D eigenvalue weighted by Gasteiger charge is 2.30. The monoisotopic (exact) mass is 306 g/mol. The molecule has 0 saturated carbocycles. The van der Waals surface area contributed by atoms with Gasteiger partial charge in [0.15, 0.2) is 0 Å². The number of nitrogens with two attached hydrogens (primary N) is 1. The molecule has 0 bridgehead atoms. The number of piperidine rings is 1. The van der Waals surface area contributed by atoms with Gasteiger partial charge >= 0.3 is 0 Å². The molecule has 2 N–H and O–H groups in total. The number of hydrogen-bond acceptors (Lipinski definition) is 4. The number of benzene rings is 1. The standard InChI is InChI=1S/C18H30N2O2/c1-4-21-14-9-10-15(18(12-14)22-5-2)16(13-19)17-8-6-7-11-20(17)3/h9-10,12,16-17H,4-8,11,13,19H2,1-3H3. The predicted molar refractivity (Wildman–Crippen MR) is 90.8 cm³/mol. The number of hydrogen-bond donors (Lipinski definition) is 1. The molecule has 0 amide bonds. The molecule has 1 aliphatic rings. The first-order valence-corrected chi connectivity index (χ1v) is 8.51. The molecule has 1 aromatic carbocycles. The van der Waals surface area contributed by atoms with Crippen molar-refractivity contribution in [1.29, 1.82) is 0 Å². The highest BCUT2D eigenvalue weighted by molar-refractivity contribution is 5.43. The largest absolute Gasteiger partial charge is 0.494 e. The average molecular weight is 306 g/mol. The number of likely N-dealkylation sites (N-methyl/N-ethyl adjacent to an activating group) is 1. The van der Waals surface area contributed by atoms with Gasteiger partial charge in [0.1, 0.15) is 11.5 Å². The third-order valence-electron chi connectivity index (χ3n) is 4.54. The molecule has 2 rings (SSSR count). The van der Waals surface area contributed by atoms with E-state index in [1.807, 2.05) is 26.0 Å². The molecule has 2 atom stereocenters. The zero-order valence-corrected chi connectivity index (χ0v) is 14.2. The summed E-state index contributed by atoms with van der Waals surface area (Å²) in [7, 11) is 2.21.